The van der Waals surface area contributed by atoms with Crippen molar-refractivity contribution >= 4 is 33.8 Å². The molecule has 0 spiro atoms. The summed E-state index contributed by atoms with van der Waals surface area (Å²) in [6.45, 7) is 0. The van der Waals surface area contributed by atoms with Gasteiger partial charge in [0.05, 0.1) is 13.3 Å². The van der Waals surface area contributed by atoms with Crippen molar-refractivity contribution in [2.75, 3.05) is 7.11 Å². The highest BCUT2D eigenvalue weighted by atomic mass is 16.5. The van der Waals surface area contributed by atoms with E-state index in [1.54, 1.807) is 13.3 Å². The molecule has 5 rings (SSSR count). The summed E-state index contributed by atoms with van der Waals surface area (Å²) in [6.07, 6.45) is 6.23. The van der Waals surface area contributed by atoms with E-state index in [1.165, 1.54) is 24.1 Å². The zero-order chi connectivity index (χ0) is 20.5. The molecule has 0 bridgehead atoms. The lowest BCUT2D eigenvalue weighted by atomic mass is 9.95. The Morgan fingerprint density at radius 3 is 2.83 bits per heavy atom. The minimum atomic E-state index is -0.224. The van der Waals surface area contributed by atoms with Gasteiger partial charge in [0.1, 0.15) is 5.75 Å². The Kier molecular flexibility index (Phi) is 4.71. The molecule has 30 heavy (non-hydrogen) atoms. The Balaban J connectivity index is 1.41. The number of aryl methyl sites for hydroxylation is 2. The smallest absolute Gasteiger partial charge is 0.271 e. The van der Waals surface area contributed by atoms with Crippen molar-refractivity contribution in [1.82, 2.24) is 10.4 Å². The molecule has 150 valence electrons. The molecule has 0 fully saturated rings. The predicted octanol–water partition coefficient (Wildman–Crippen LogP) is 4.97. The lowest BCUT2D eigenvalue weighted by Gasteiger charge is -2.10. The molecule has 5 nitrogen and oxygen atoms in total. The molecule has 5 heteroatoms. The highest BCUT2D eigenvalue weighted by Crippen LogP contribution is 2.30. The van der Waals surface area contributed by atoms with Crippen LogP contribution in [-0.2, 0) is 12.8 Å². The van der Waals surface area contributed by atoms with E-state index in [0.29, 0.717) is 11.3 Å². The number of aromatic nitrogens is 1. The molecule has 3 aromatic carbocycles. The fraction of sp³-hybridized carbons (Fsp3) is 0.200. The molecule has 0 aliphatic heterocycles. The van der Waals surface area contributed by atoms with Gasteiger partial charge >= 0.3 is 0 Å². The van der Waals surface area contributed by atoms with Crippen molar-refractivity contribution < 1.29 is 9.53 Å². The van der Waals surface area contributed by atoms with Crippen LogP contribution >= 0.6 is 0 Å². The molecule has 0 saturated heterocycles. The van der Waals surface area contributed by atoms with Gasteiger partial charge in [0.15, 0.2) is 0 Å². The van der Waals surface area contributed by atoms with Gasteiger partial charge in [-0.15, -0.1) is 0 Å². The van der Waals surface area contributed by atoms with Gasteiger partial charge < -0.3 is 9.72 Å². The number of hydrogen-bond donors (Lipinski definition) is 2. The summed E-state index contributed by atoms with van der Waals surface area (Å²) in [6, 6.07) is 17.7. The standard InChI is InChI=1S/C25H23N3O2/c1-30-24-13-11-16-6-2-3-7-18(16)21(24)15-26-28-25(29)17-10-12-23-20(14-17)19-8-4-5-9-22(19)27-23/h2-3,6-7,10-15,27H,4-5,8-9H2,1H3,(H,28,29)/b26-15+. The number of aromatic amines is 1. The van der Waals surface area contributed by atoms with Crippen molar-refractivity contribution in [3.63, 3.8) is 0 Å². The summed E-state index contributed by atoms with van der Waals surface area (Å²) in [4.78, 5) is 16.2. The third-order valence-electron chi connectivity index (χ3n) is 5.87. The summed E-state index contributed by atoms with van der Waals surface area (Å²) in [5, 5.41) is 7.48. The van der Waals surface area contributed by atoms with Crippen molar-refractivity contribution in [3.05, 3.63) is 77.0 Å². The lowest BCUT2D eigenvalue weighted by molar-refractivity contribution is 0.0955. The summed E-state index contributed by atoms with van der Waals surface area (Å²) >= 11 is 0. The molecule has 0 atom stereocenters. The molecule has 2 N–H and O–H groups in total. The van der Waals surface area contributed by atoms with Gasteiger partial charge in [0.2, 0.25) is 0 Å². The number of ether oxygens (including phenoxy) is 1. The molecule has 4 aromatic rings. The maximum atomic E-state index is 12.7. The summed E-state index contributed by atoms with van der Waals surface area (Å²) in [5.41, 5.74) is 7.88. The maximum absolute atomic E-state index is 12.7. The van der Waals surface area contributed by atoms with Gasteiger partial charge in [0, 0.05) is 27.7 Å². The number of carbonyl (C=O) groups excluding carboxylic acids is 1. The second kappa shape index (κ2) is 7.67. The maximum Gasteiger partial charge on any atom is 0.271 e. The number of nitrogens with one attached hydrogen (secondary N) is 2. The Labute approximate surface area is 174 Å². The van der Waals surface area contributed by atoms with Crippen LogP contribution in [-0.4, -0.2) is 24.2 Å². The van der Waals surface area contributed by atoms with Gasteiger partial charge in [-0.3, -0.25) is 4.79 Å². The Morgan fingerprint density at radius 1 is 1.07 bits per heavy atom. The number of nitrogens with zero attached hydrogens (tertiary/aromatic N) is 1. The SMILES string of the molecule is COc1ccc2ccccc2c1/C=N/NC(=O)c1ccc2[nH]c3c(c2c1)CCCC3. The van der Waals surface area contributed by atoms with E-state index in [-0.39, 0.29) is 5.91 Å². The first-order chi connectivity index (χ1) is 14.7. The quantitative estimate of drug-likeness (QED) is 0.377. The van der Waals surface area contributed by atoms with E-state index in [4.69, 9.17) is 4.74 Å². The third-order valence-corrected chi connectivity index (χ3v) is 5.87. The second-order valence-corrected chi connectivity index (χ2v) is 7.65. The molecular weight excluding hydrogens is 374 g/mol. The molecule has 1 aliphatic rings. The topological polar surface area (TPSA) is 66.5 Å². The molecule has 0 radical (unpaired) electrons. The predicted molar refractivity (Wildman–Crippen MR) is 121 cm³/mol. The Hall–Kier alpha value is -3.60. The van der Waals surface area contributed by atoms with Gasteiger partial charge in [-0.1, -0.05) is 30.3 Å². The van der Waals surface area contributed by atoms with E-state index in [9.17, 15) is 4.79 Å². The van der Waals surface area contributed by atoms with E-state index in [1.807, 2.05) is 54.6 Å². The zero-order valence-corrected chi connectivity index (χ0v) is 16.9. The Morgan fingerprint density at radius 2 is 1.93 bits per heavy atom. The van der Waals surface area contributed by atoms with E-state index in [0.717, 1.165) is 40.1 Å². The normalized spacial score (nSPS) is 13.6. The van der Waals surface area contributed by atoms with Crippen molar-refractivity contribution in [2.24, 2.45) is 5.10 Å². The summed E-state index contributed by atoms with van der Waals surface area (Å²) in [7, 11) is 1.63. The van der Waals surface area contributed by atoms with E-state index >= 15 is 0 Å². The average Bonchev–Trinajstić information content (AvgIpc) is 3.17. The largest absolute Gasteiger partial charge is 0.496 e. The number of methoxy groups -OCH3 is 1. The van der Waals surface area contributed by atoms with Gasteiger partial charge in [-0.2, -0.15) is 5.10 Å². The average molecular weight is 397 g/mol. The number of hydrazone groups is 1. The fourth-order valence-electron chi connectivity index (χ4n) is 4.35. The van der Waals surface area contributed by atoms with Crippen LogP contribution < -0.4 is 10.2 Å². The number of benzene rings is 3. The van der Waals surface area contributed by atoms with Gasteiger partial charge in [0.25, 0.3) is 5.91 Å². The van der Waals surface area contributed by atoms with Gasteiger partial charge in [-0.05, 0) is 66.3 Å². The number of hydrogen-bond acceptors (Lipinski definition) is 3. The molecule has 1 aliphatic carbocycles. The number of rotatable bonds is 4. The minimum absolute atomic E-state index is 0.224. The third kappa shape index (κ3) is 3.22. The lowest BCUT2D eigenvalue weighted by Crippen LogP contribution is -2.17. The summed E-state index contributed by atoms with van der Waals surface area (Å²) < 4.78 is 5.48. The molecule has 1 heterocycles. The second-order valence-electron chi connectivity index (χ2n) is 7.65. The molecule has 0 saturated carbocycles. The van der Waals surface area contributed by atoms with E-state index < -0.39 is 0 Å². The highest BCUT2D eigenvalue weighted by Gasteiger charge is 2.16. The number of carbonyl (C=O) groups is 1. The summed E-state index contributed by atoms with van der Waals surface area (Å²) in [5.74, 6) is 0.491. The molecule has 1 aromatic heterocycles. The van der Waals surface area contributed by atoms with Crippen LogP contribution in [0.2, 0.25) is 0 Å². The van der Waals surface area contributed by atoms with Crippen LogP contribution in [0.1, 0.15) is 40.0 Å². The molecule has 0 unspecified atom stereocenters. The number of fused-ring (bicyclic) bond motifs is 4. The zero-order valence-electron chi connectivity index (χ0n) is 16.9. The van der Waals surface area contributed by atoms with Crippen LogP contribution in [0.5, 0.6) is 5.75 Å². The highest BCUT2D eigenvalue weighted by molar-refractivity contribution is 6.03. The van der Waals surface area contributed by atoms with Gasteiger partial charge in [-0.25, -0.2) is 5.43 Å². The Bertz CT molecular complexity index is 1290. The van der Waals surface area contributed by atoms with Crippen molar-refractivity contribution in [1.29, 1.82) is 0 Å². The molecular formula is C25H23N3O2. The van der Waals surface area contributed by atoms with Crippen molar-refractivity contribution in [2.45, 2.75) is 25.7 Å². The first-order valence-corrected chi connectivity index (χ1v) is 10.3. The molecule has 1 amide bonds. The van der Waals surface area contributed by atoms with Crippen LogP contribution in [0, 0.1) is 0 Å². The van der Waals surface area contributed by atoms with Crippen LogP contribution in [0.25, 0.3) is 21.7 Å². The minimum Gasteiger partial charge on any atom is -0.496 e. The monoisotopic (exact) mass is 397 g/mol. The van der Waals surface area contributed by atoms with Crippen LogP contribution in [0.15, 0.2) is 59.7 Å². The fourth-order valence-corrected chi connectivity index (χ4v) is 4.35. The van der Waals surface area contributed by atoms with E-state index in [2.05, 4.69) is 15.5 Å². The first kappa shape index (κ1) is 18.4. The number of H-pyrrole nitrogens is 1. The number of amides is 1. The first-order valence-electron chi connectivity index (χ1n) is 10.3. The van der Waals surface area contributed by atoms with Crippen LogP contribution in [0.4, 0.5) is 0 Å². The van der Waals surface area contributed by atoms with Crippen molar-refractivity contribution in [3.8, 4) is 5.75 Å². The van der Waals surface area contributed by atoms with Crippen LogP contribution in [0.3, 0.4) is 0 Å².